The summed E-state index contributed by atoms with van der Waals surface area (Å²) in [6.45, 7) is 1.84. The van der Waals surface area contributed by atoms with Gasteiger partial charge in [-0.05, 0) is 37.8 Å². The van der Waals surface area contributed by atoms with Crippen molar-refractivity contribution in [2.24, 2.45) is 5.92 Å². The van der Waals surface area contributed by atoms with Gasteiger partial charge >= 0.3 is 0 Å². The van der Waals surface area contributed by atoms with Crippen LogP contribution in [0, 0.1) is 23.0 Å². The van der Waals surface area contributed by atoms with Crippen molar-refractivity contribution in [1.29, 1.82) is 0 Å². The first-order valence-electron chi connectivity index (χ1n) is 8.14. The first-order chi connectivity index (χ1) is 11.5. The maximum Gasteiger partial charge on any atom is 0.269 e. The molecule has 0 atom stereocenters. The van der Waals surface area contributed by atoms with E-state index in [9.17, 15) is 14.9 Å². The van der Waals surface area contributed by atoms with Crippen molar-refractivity contribution >= 4 is 17.4 Å². The van der Waals surface area contributed by atoms with Crippen LogP contribution in [0.15, 0.2) is 30.3 Å². The van der Waals surface area contributed by atoms with E-state index >= 15 is 0 Å². The summed E-state index contributed by atoms with van der Waals surface area (Å²) in [5.74, 6) is 1.05. The molecule has 0 radical (unpaired) electrons. The SMILES string of the molecule is Cc1cc(NC(=O)CC2CCCC2)n(-c2ccc([N+](=O)[O-])cc2)n1. The number of aryl methyl sites for hydroxylation is 1. The van der Waals surface area contributed by atoms with Crippen molar-refractivity contribution in [3.63, 3.8) is 0 Å². The minimum absolute atomic E-state index is 0.00929. The second-order valence-electron chi connectivity index (χ2n) is 6.26. The third-order valence-corrected chi connectivity index (χ3v) is 4.35. The van der Waals surface area contributed by atoms with Crippen molar-refractivity contribution in [2.75, 3.05) is 5.32 Å². The van der Waals surface area contributed by atoms with Crippen molar-refractivity contribution in [2.45, 2.75) is 39.0 Å². The Balaban J connectivity index is 1.77. The molecular weight excluding hydrogens is 308 g/mol. The molecule has 0 saturated heterocycles. The zero-order valence-electron chi connectivity index (χ0n) is 13.6. The number of carbonyl (C=O) groups is 1. The van der Waals surface area contributed by atoms with Crippen LogP contribution in [-0.2, 0) is 4.79 Å². The second kappa shape index (κ2) is 6.82. The van der Waals surface area contributed by atoms with Gasteiger partial charge in [-0.1, -0.05) is 12.8 Å². The van der Waals surface area contributed by atoms with Crippen molar-refractivity contribution < 1.29 is 9.72 Å². The van der Waals surface area contributed by atoms with Gasteiger partial charge in [-0.2, -0.15) is 5.10 Å². The average Bonchev–Trinajstić information content (AvgIpc) is 3.17. The van der Waals surface area contributed by atoms with Gasteiger partial charge in [0.25, 0.3) is 5.69 Å². The van der Waals surface area contributed by atoms with Crippen molar-refractivity contribution in [3.8, 4) is 5.69 Å². The molecular formula is C17H20N4O3. The number of nitro groups is 1. The number of aromatic nitrogens is 2. The Bertz CT molecular complexity index is 746. The normalized spacial score (nSPS) is 14.7. The highest BCUT2D eigenvalue weighted by atomic mass is 16.6. The molecule has 1 aromatic heterocycles. The van der Waals surface area contributed by atoms with Gasteiger partial charge in [0, 0.05) is 24.6 Å². The van der Waals surface area contributed by atoms with Gasteiger partial charge in [0.05, 0.1) is 16.3 Å². The summed E-state index contributed by atoms with van der Waals surface area (Å²) in [5, 5.41) is 18.1. The molecule has 1 aliphatic rings. The van der Waals surface area contributed by atoms with Crippen LogP contribution in [0.1, 0.15) is 37.8 Å². The molecule has 1 fully saturated rings. The van der Waals surface area contributed by atoms with Crippen LogP contribution in [0.5, 0.6) is 0 Å². The van der Waals surface area contributed by atoms with E-state index in [2.05, 4.69) is 10.4 Å². The van der Waals surface area contributed by atoms with E-state index in [1.54, 1.807) is 22.9 Å². The Morgan fingerprint density at radius 3 is 2.62 bits per heavy atom. The molecule has 7 nitrogen and oxygen atoms in total. The van der Waals surface area contributed by atoms with Crippen LogP contribution in [0.25, 0.3) is 5.69 Å². The number of nitrogens with zero attached hydrogens (tertiary/aromatic N) is 3. The molecule has 1 aromatic carbocycles. The summed E-state index contributed by atoms with van der Waals surface area (Å²) < 4.78 is 1.60. The summed E-state index contributed by atoms with van der Waals surface area (Å²) in [6, 6.07) is 7.90. The molecule has 0 spiro atoms. The van der Waals surface area contributed by atoms with Gasteiger partial charge in [0.1, 0.15) is 5.82 Å². The Kier molecular flexibility index (Phi) is 4.59. The molecule has 2 aromatic rings. The lowest BCUT2D eigenvalue weighted by Gasteiger charge is -2.11. The summed E-state index contributed by atoms with van der Waals surface area (Å²) in [5.41, 5.74) is 1.46. The third kappa shape index (κ3) is 3.61. The minimum atomic E-state index is -0.442. The number of carbonyl (C=O) groups excluding carboxylic acids is 1. The predicted octanol–water partition coefficient (Wildman–Crippen LogP) is 3.61. The first-order valence-corrected chi connectivity index (χ1v) is 8.14. The van der Waals surface area contributed by atoms with Crippen LogP contribution in [0.4, 0.5) is 11.5 Å². The number of hydrogen-bond donors (Lipinski definition) is 1. The Morgan fingerprint density at radius 1 is 1.33 bits per heavy atom. The number of benzene rings is 1. The summed E-state index contributed by atoms with van der Waals surface area (Å²) in [7, 11) is 0. The number of non-ortho nitro benzene ring substituents is 1. The highest BCUT2D eigenvalue weighted by Gasteiger charge is 2.19. The van der Waals surface area contributed by atoms with E-state index in [1.807, 2.05) is 6.92 Å². The smallest absolute Gasteiger partial charge is 0.269 e. The van der Waals surface area contributed by atoms with Gasteiger partial charge < -0.3 is 5.32 Å². The van der Waals surface area contributed by atoms with E-state index in [0.717, 1.165) is 18.5 Å². The molecule has 1 saturated carbocycles. The van der Waals surface area contributed by atoms with E-state index < -0.39 is 4.92 Å². The molecule has 0 bridgehead atoms. The third-order valence-electron chi connectivity index (χ3n) is 4.35. The van der Waals surface area contributed by atoms with Crippen LogP contribution >= 0.6 is 0 Å². The lowest BCUT2D eigenvalue weighted by atomic mass is 10.0. The number of amides is 1. The maximum absolute atomic E-state index is 12.3. The Hall–Kier alpha value is -2.70. The Morgan fingerprint density at radius 2 is 2.00 bits per heavy atom. The van der Waals surface area contributed by atoms with E-state index in [1.165, 1.54) is 25.0 Å². The Labute approximate surface area is 139 Å². The maximum atomic E-state index is 12.3. The number of nitrogens with one attached hydrogen (secondary N) is 1. The highest BCUT2D eigenvalue weighted by molar-refractivity contribution is 5.90. The number of rotatable bonds is 5. The quantitative estimate of drug-likeness (QED) is 0.670. The predicted molar refractivity (Wildman–Crippen MR) is 90.2 cm³/mol. The summed E-state index contributed by atoms with van der Waals surface area (Å²) >= 11 is 0. The molecule has 1 amide bonds. The van der Waals surface area contributed by atoms with Crippen LogP contribution < -0.4 is 5.32 Å². The van der Waals surface area contributed by atoms with Crippen LogP contribution in [0.2, 0.25) is 0 Å². The standard InChI is InChI=1S/C17H20N4O3/c1-12-10-16(18-17(22)11-13-4-2-3-5-13)20(19-12)14-6-8-15(9-7-14)21(23)24/h6-10,13H,2-5,11H2,1H3,(H,18,22). The molecule has 126 valence electrons. The van der Waals surface area contributed by atoms with E-state index in [4.69, 9.17) is 0 Å². The molecule has 24 heavy (non-hydrogen) atoms. The van der Waals surface area contributed by atoms with Gasteiger partial charge in [-0.25, -0.2) is 4.68 Å². The molecule has 1 aliphatic carbocycles. The van der Waals surface area contributed by atoms with E-state index in [0.29, 0.717) is 23.8 Å². The minimum Gasteiger partial charge on any atom is -0.311 e. The van der Waals surface area contributed by atoms with Crippen LogP contribution in [-0.4, -0.2) is 20.6 Å². The van der Waals surface area contributed by atoms with Gasteiger partial charge in [0.15, 0.2) is 0 Å². The zero-order chi connectivity index (χ0) is 17.1. The zero-order valence-corrected chi connectivity index (χ0v) is 13.6. The molecule has 7 heteroatoms. The molecule has 1 heterocycles. The molecule has 3 rings (SSSR count). The molecule has 0 aliphatic heterocycles. The summed E-state index contributed by atoms with van der Waals surface area (Å²) in [6.07, 6.45) is 5.18. The fraction of sp³-hybridized carbons (Fsp3) is 0.412. The van der Waals surface area contributed by atoms with Crippen molar-refractivity contribution in [3.05, 3.63) is 46.1 Å². The van der Waals surface area contributed by atoms with Gasteiger partial charge in [-0.3, -0.25) is 14.9 Å². The lowest BCUT2D eigenvalue weighted by molar-refractivity contribution is -0.384. The van der Waals surface area contributed by atoms with E-state index in [-0.39, 0.29) is 11.6 Å². The number of nitro benzene ring substituents is 1. The fourth-order valence-corrected chi connectivity index (χ4v) is 3.17. The number of anilines is 1. The monoisotopic (exact) mass is 328 g/mol. The first kappa shape index (κ1) is 16.2. The summed E-state index contributed by atoms with van der Waals surface area (Å²) in [4.78, 5) is 22.6. The average molecular weight is 328 g/mol. The second-order valence-corrected chi connectivity index (χ2v) is 6.26. The van der Waals surface area contributed by atoms with Gasteiger partial charge in [0.2, 0.25) is 5.91 Å². The largest absolute Gasteiger partial charge is 0.311 e. The topological polar surface area (TPSA) is 90.1 Å². The van der Waals surface area contributed by atoms with Crippen LogP contribution in [0.3, 0.4) is 0 Å². The number of hydrogen-bond acceptors (Lipinski definition) is 4. The fourth-order valence-electron chi connectivity index (χ4n) is 3.17. The molecule has 0 unspecified atom stereocenters. The van der Waals surface area contributed by atoms with Crippen molar-refractivity contribution in [1.82, 2.24) is 9.78 Å². The highest BCUT2D eigenvalue weighted by Crippen LogP contribution is 2.28. The van der Waals surface area contributed by atoms with Gasteiger partial charge in [-0.15, -0.1) is 0 Å². The lowest BCUT2D eigenvalue weighted by Crippen LogP contribution is -2.17. The molecule has 1 N–H and O–H groups in total.